The van der Waals surface area contributed by atoms with E-state index >= 15 is 0 Å². The molecule has 0 aromatic carbocycles. The highest BCUT2D eigenvalue weighted by Crippen LogP contribution is 2.23. The summed E-state index contributed by atoms with van der Waals surface area (Å²) in [6.45, 7) is 3.69. The van der Waals surface area contributed by atoms with E-state index in [0.29, 0.717) is 6.42 Å². The molecular formula is C54H97NO8. The van der Waals surface area contributed by atoms with E-state index in [2.05, 4.69) is 67.8 Å². The molecule has 1 rings (SSSR count). The number of aliphatic hydroxyl groups excluding tert-OH is 5. The number of hydrogen-bond acceptors (Lipinski definition) is 8. The first-order chi connectivity index (χ1) is 30.8. The van der Waals surface area contributed by atoms with Gasteiger partial charge in [0.25, 0.3) is 0 Å². The Morgan fingerprint density at radius 2 is 0.952 bits per heavy atom. The largest absolute Gasteiger partial charge is 0.394 e. The van der Waals surface area contributed by atoms with Gasteiger partial charge in [0.15, 0.2) is 6.29 Å². The molecule has 0 saturated carbocycles. The van der Waals surface area contributed by atoms with Gasteiger partial charge in [0, 0.05) is 6.42 Å². The second-order valence-electron chi connectivity index (χ2n) is 18.0. The van der Waals surface area contributed by atoms with E-state index in [9.17, 15) is 30.3 Å². The molecule has 1 amide bonds. The minimum absolute atomic E-state index is 0.191. The topological polar surface area (TPSA) is 149 Å². The Morgan fingerprint density at radius 3 is 1.48 bits per heavy atom. The first kappa shape index (κ1) is 58.9. The number of carbonyl (C=O) groups excluding carboxylic acids is 1. The van der Waals surface area contributed by atoms with Crippen LogP contribution in [0.1, 0.15) is 219 Å². The van der Waals surface area contributed by atoms with E-state index in [1.165, 1.54) is 148 Å². The molecule has 0 spiro atoms. The third-order valence-corrected chi connectivity index (χ3v) is 12.1. The van der Waals surface area contributed by atoms with Crippen LogP contribution in [0, 0.1) is 0 Å². The zero-order valence-electron chi connectivity index (χ0n) is 40.3. The number of rotatable bonds is 43. The summed E-state index contributed by atoms with van der Waals surface area (Å²) < 4.78 is 11.2. The summed E-state index contributed by atoms with van der Waals surface area (Å²) in [4.78, 5) is 12.9. The van der Waals surface area contributed by atoms with Crippen LogP contribution in [0.2, 0.25) is 0 Å². The van der Waals surface area contributed by atoms with Gasteiger partial charge in [-0.15, -0.1) is 0 Å². The van der Waals surface area contributed by atoms with Gasteiger partial charge < -0.3 is 40.3 Å². The Labute approximate surface area is 386 Å². The fraction of sp³-hybridized carbons (Fsp3) is 0.796. The molecule has 0 aliphatic carbocycles. The van der Waals surface area contributed by atoms with Crippen LogP contribution in [0.4, 0.5) is 0 Å². The van der Waals surface area contributed by atoms with Gasteiger partial charge >= 0.3 is 0 Å². The third-order valence-electron chi connectivity index (χ3n) is 12.1. The Bertz CT molecular complexity index is 1170. The van der Waals surface area contributed by atoms with Crippen LogP contribution in [0.25, 0.3) is 0 Å². The summed E-state index contributed by atoms with van der Waals surface area (Å²) in [6, 6.07) is -0.820. The second kappa shape index (κ2) is 43.8. The van der Waals surface area contributed by atoms with Crippen molar-refractivity contribution in [2.75, 3.05) is 13.2 Å². The van der Waals surface area contributed by atoms with Crippen molar-refractivity contribution in [2.45, 2.75) is 262 Å². The summed E-state index contributed by atoms with van der Waals surface area (Å²) in [7, 11) is 0. The molecule has 366 valence electrons. The van der Waals surface area contributed by atoms with E-state index in [-0.39, 0.29) is 12.5 Å². The van der Waals surface area contributed by atoms with Gasteiger partial charge in [-0.1, -0.05) is 203 Å². The molecule has 0 aromatic rings. The summed E-state index contributed by atoms with van der Waals surface area (Å²) in [5.41, 5.74) is 0. The standard InChI is InChI=1S/C54H97NO8/c1-3-5-7-9-11-13-14-15-16-17-18-19-20-21-22-23-24-25-26-27-28-29-30-31-32-33-34-36-38-40-42-44-50(58)55-47(48(57)43-41-39-37-35-12-10-8-6-4-2)46-62-54-53(61)52(60)51(59)49(45-56)63-54/h12,14-15,17-18,20-21,35,41,43,47-49,51-54,56-57,59-61H,3-11,13,16,19,22-34,36-40,42,44-46H2,1-2H3,(H,55,58)/b15-14-,18-17-,21-20-,35-12+,43-41+. The van der Waals surface area contributed by atoms with Crippen LogP contribution in [0.3, 0.4) is 0 Å². The lowest BCUT2D eigenvalue weighted by Gasteiger charge is -2.40. The van der Waals surface area contributed by atoms with Crippen molar-refractivity contribution in [1.29, 1.82) is 0 Å². The summed E-state index contributed by atoms with van der Waals surface area (Å²) in [5, 5.41) is 54.1. The van der Waals surface area contributed by atoms with Gasteiger partial charge in [-0.2, -0.15) is 0 Å². The molecule has 0 aromatic heterocycles. The molecule has 1 aliphatic rings. The minimum Gasteiger partial charge on any atom is -0.394 e. The highest BCUT2D eigenvalue weighted by molar-refractivity contribution is 5.76. The fourth-order valence-corrected chi connectivity index (χ4v) is 7.88. The van der Waals surface area contributed by atoms with Crippen LogP contribution < -0.4 is 5.32 Å². The van der Waals surface area contributed by atoms with Gasteiger partial charge in [-0.3, -0.25) is 4.79 Å². The SMILES string of the molecule is CCCCC/C=C/CC/C=C/C(O)C(COC1OC(CO)C(O)C(O)C1O)NC(=O)CCCCCCCCCCCCCCCCCC/C=C\C/C=C\C/C=C\CCCCCCC. The molecule has 1 fully saturated rings. The van der Waals surface area contributed by atoms with Crippen LogP contribution in [-0.4, -0.2) is 87.5 Å². The number of nitrogens with one attached hydrogen (secondary N) is 1. The zero-order valence-corrected chi connectivity index (χ0v) is 40.3. The summed E-state index contributed by atoms with van der Waals surface area (Å²) >= 11 is 0. The van der Waals surface area contributed by atoms with Crippen molar-refractivity contribution >= 4 is 5.91 Å². The Hall–Kier alpha value is -2.11. The average Bonchev–Trinajstić information content (AvgIpc) is 3.28. The summed E-state index contributed by atoms with van der Waals surface area (Å²) in [5.74, 6) is -0.191. The monoisotopic (exact) mass is 888 g/mol. The van der Waals surface area contributed by atoms with E-state index in [1.807, 2.05) is 6.08 Å². The predicted molar refractivity (Wildman–Crippen MR) is 262 cm³/mol. The number of amides is 1. The van der Waals surface area contributed by atoms with Gasteiger partial charge in [0.2, 0.25) is 5.91 Å². The molecule has 1 heterocycles. The molecule has 7 unspecified atom stereocenters. The number of aliphatic hydroxyl groups is 5. The van der Waals surface area contributed by atoms with E-state index in [0.717, 1.165) is 51.4 Å². The maximum absolute atomic E-state index is 12.9. The van der Waals surface area contributed by atoms with Crippen molar-refractivity contribution in [1.82, 2.24) is 5.32 Å². The number of hydrogen-bond donors (Lipinski definition) is 6. The molecular weight excluding hydrogens is 791 g/mol. The van der Waals surface area contributed by atoms with Crippen LogP contribution in [0.5, 0.6) is 0 Å². The summed E-state index contributed by atoms with van der Waals surface area (Å²) in [6.07, 6.45) is 51.6. The van der Waals surface area contributed by atoms with Crippen LogP contribution in [0.15, 0.2) is 60.8 Å². The Morgan fingerprint density at radius 1 is 0.540 bits per heavy atom. The highest BCUT2D eigenvalue weighted by atomic mass is 16.7. The number of allylic oxidation sites excluding steroid dienone is 9. The van der Waals surface area contributed by atoms with E-state index in [4.69, 9.17) is 9.47 Å². The van der Waals surface area contributed by atoms with Gasteiger partial charge in [0.1, 0.15) is 24.4 Å². The lowest BCUT2D eigenvalue weighted by molar-refractivity contribution is -0.302. The number of unbranched alkanes of at least 4 members (excludes halogenated alkanes) is 25. The molecule has 9 nitrogen and oxygen atoms in total. The predicted octanol–water partition coefficient (Wildman–Crippen LogP) is 12.0. The smallest absolute Gasteiger partial charge is 0.220 e. The van der Waals surface area contributed by atoms with Gasteiger partial charge in [-0.05, 0) is 70.6 Å². The quantitative estimate of drug-likeness (QED) is 0.0262. The minimum atomic E-state index is -1.57. The van der Waals surface area contributed by atoms with Gasteiger partial charge in [-0.25, -0.2) is 0 Å². The van der Waals surface area contributed by atoms with Crippen LogP contribution >= 0.6 is 0 Å². The van der Waals surface area contributed by atoms with Crippen molar-refractivity contribution in [2.24, 2.45) is 0 Å². The highest BCUT2D eigenvalue weighted by Gasteiger charge is 2.44. The van der Waals surface area contributed by atoms with Gasteiger partial charge in [0.05, 0.1) is 25.4 Å². The molecule has 9 heteroatoms. The molecule has 1 aliphatic heterocycles. The molecule has 0 bridgehead atoms. The molecule has 0 radical (unpaired) electrons. The average molecular weight is 888 g/mol. The van der Waals surface area contributed by atoms with Crippen molar-refractivity contribution in [3.8, 4) is 0 Å². The molecule has 1 saturated heterocycles. The van der Waals surface area contributed by atoms with Crippen molar-refractivity contribution in [3.63, 3.8) is 0 Å². The van der Waals surface area contributed by atoms with Crippen molar-refractivity contribution < 1.29 is 39.8 Å². The van der Waals surface area contributed by atoms with Crippen LogP contribution in [-0.2, 0) is 14.3 Å². The third kappa shape index (κ3) is 33.9. The molecule has 7 atom stereocenters. The Kier molecular flexibility index (Phi) is 40.9. The first-order valence-electron chi connectivity index (χ1n) is 26.0. The maximum atomic E-state index is 12.9. The normalized spacial score (nSPS) is 20.7. The lowest BCUT2D eigenvalue weighted by atomic mass is 9.99. The fourth-order valence-electron chi connectivity index (χ4n) is 7.88. The number of ether oxygens (including phenoxy) is 2. The molecule has 6 N–H and O–H groups in total. The second-order valence-corrected chi connectivity index (χ2v) is 18.0. The Balaban J connectivity index is 2.12. The van der Waals surface area contributed by atoms with Crippen molar-refractivity contribution in [3.05, 3.63) is 60.8 Å². The lowest BCUT2D eigenvalue weighted by Crippen LogP contribution is -2.60. The first-order valence-corrected chi connectivity index (χ1v) is 26.0. The number of carbonyl (C=O) groups is 1. The maximum Gasteiger partial charge on any atom is 0.220 e. The van der Waals surface area contributed by atoms with E-state index < -0.39 is 49.5 Å². The molecule has 63 heavy (non-hydrogen) atoms. The zero-order chi connectivity index (χ0) is 45.9. The van der Waals surface area contributed by atoms with E-state index in [1.54, 1.807) is 6.08 Å².